The van der Waals surface area contributed by atoms with Gasteiger partial charge < -0.3 is 9.64 Å². The molecule has 1 N–H and O–H groups in total. The quantitative estimate of drug-likeness (QED) is 0.183. The predicted octanol–water partition coefficient (Wildman–Crippen LogP) is 7.65. The van der Waals surface area contributed by atoms with Gasteiger partial charge in [-0.1, -0.05) is 73.5 Å². The number of aromatic nitrogens is 1. The minimum absolute atomic E-state index is 0.143. The van der Waals surface area contributed by atoms with Crippen molar-refractivity contribution in [3.63, 3.8) is 0 Å². The van der Waals surface area contributed by atoms with Gasteiger partial charge in [0.25, 0.3) is 0 Å². The van der Waals surface area contributed by atoms with Gasteiger partial charge in [-0.3, -0.25) is 19.1 Å². The maximum absolute atomic E-state index is 14.8. The largest absolute Gasteiger partial charge is 0.488 e. The van der Waals surface area contributed by atoms with Crippen LogP contribution in [0.4, 0.5) is 4.39 Å². The molecule has 1 aromatic heterocycles. The van der Waals surface area contributed by atoms with Crippen LogP contribution < -0.4 is 9.46 Å². The minimum Gasteiger partial charge on any atom is -0.488 e. The van der Waals surface area contributed by atoms with Crippen molar-refractivity contribution in [2.75, 3.05) is 6.54 Å². The molecule has 11 heteroatoms. The molecule has 56 heavy (non-hydrogen) atoms. The molecule has 3 fully saturated rings. The first-order valence-electron chi connectivity index (χ1n) is 19.9. The first kappa shape index (κ1) is 38.0. The Morgan fingerprint density at radius 1 is 0.982 bits per heavy atom. The van der Waals surface area contributed by atoms with Crippen LogP contribution in [0, 0.1) is 30.0 Å². The Balaban J connectivity index is 1.14. The molecule has 8 rings (SSSR count). The second-order valence-electron chi connectivity index (χ2n) is 16.3. The third-order valence-corrected chi connectivity index (χ3v) is 13.8. The number of hydrogen-bond donors (Lipinski definition) is 1. The Morgan fingerprint density at radius 2 is 1.80 bits per heavy atom. The summed E-state index contributed by atoms with van der Waals surface area (Å²) >= 11 is 0. The number of amides is 2. The summed E-state index contributed by atoms with van der Waals surface area (Å²) in [6.45, 7) is 2.15. The zero-order valence-electron chi connectivity index (χ0n) is 31.7. The lowest BCUT2D eigenvalue weighted by molar-refractivity contribution is -0.142. The van der Waals surface area contributed by atoms with Crippen molar-refractivity contribution in [2.45, 2.75) is 94.9 Å². The van der Waals surface area contributed by atoms with Gasteiger partial charge in [0.05, 0.1) is 34.5 Å². The summed E-state index contributed by atoms with van der Waals surface area (Å²) in [4.78, 5) is 49.9. The number of hydrogen-bond acceptors (Lipinski definition) is 7. The Kier molecular flexibility index (Phi) is 10.6. The Labute approximate surface area is 327 Å². The number of carbonyl (C=O) groups excluding carboxylic acids is 3. The third kappa shape index (κ3) is 8.14. The van der Waals surface area contributed by atoms with Gasteiger partial charge in [0.2, 0.25) is 21.8 Å². The van der Waals surface area contributed by atoms with E-state index in [1.54, 1.807) is 11.0 Å². The van der Waals surface area contributed by atoms with E-state index >= 15 is 0 Å². The fourth-order valence-electron chi connectivity index (χ4n) is 8.61. The number of benzene rings is 3. The summed E-state index contributed by atoms with van der Waals surface area (Å²) in [5, 5.41) is 0.224. The molecule has 292 valence electrons. The molecule has 9 nitrogen and oxygen atoms in total. The van der Waals surface area contributed by atoms with Gasteiger partial charge in [-0.15, -0.1) is 0 Å². The van der Waals surface area contributed by atoms with Crippen LogP contribution in [0.3, 0.4) is 0 Å². The lowest BCUT2D eigenvalue weighted by atomic mass is 9.90. The Hall–Kier alpha value is -4.90. The van der Waals surface area contributed by atoms with Gasteiger partial charge in [-0.2, -0.15) is 0 Å². The van der Waals surface area contributed by atoms with Crippen LogP contribution in [0.25, 0.3) is 22.2 Å². The first-order valence-corrected chi connectivity index (χ1v) is 21.5. The summed E-state index contributed by atoms with van der Waals surface area (Å²) in [6, 6.07) is 23.1. The fourth-order valence-corrected chi connectivity index (χ4v) is 9.99. The summed E-state index contributed by atoms with van der Waals surface area (Å²) in [5.74, 6) is -1.71. The highest BCUT2D eigenvalue weighted by molar-refractivity contribution is 7.90. The van der Waals surface area contributed by atoms with Gasteiger partial charge >= 0.3 is 0 Å². The van der Waals surface area contributed by atoms with E-state index in [4.69, 9.17) is 9.72 Å². The molecule has 3 heterocycles. The molecule has 0 unspecified atom stereocenters. The van der Waals surface area contributed by atoms with E-state index in [9.17, 15) is 27.2 Å². The normalized spacial score (nSPS) is 26.4. The topological polar surface area (TPSA) is 123 Å². The molecule has 2 aliphatic heterocycles. The Morgan fingerprint density at radius 3 is 2.59 bits per heavy atom. The summed E-state index contributed by atoms with van der Waals surface area (Å²) in [6.07, 6.45) is 9.02. The average molecular weight is 778 g/mol. The highest BCUT2D eigenvalue weighted by Gasteiger charge is 2.61. The smallest absolute Gasteiger partial charge is 0.240 e. The zero-order valence-corrected chi connectivity index (χ0v) is 32.5. The lowest BCUT2D eigenvalue weighted by Crippen LogP contribution is -2.46. The summed E-state index contributed by atoms with van der Waals surface area (Å²) in [7, 11) is -3.84. The van der Waals surface area contributed by atoms with Crippen LogP contribution in [0.5, 0.6) is 5.75 Å². The van der Waals surface area contributed by atoms with Crippen molar-refractivity contribution >= 4 is 38.5 Å². The SMILES string of the molecule is Cc1ccc2c(O[C@@H]3C[C@H]4C(=O)C[C@]5(C(=O)NS(=O)(=O)C6CC6)C[C@@H]5/C=C\CCCCC[C@H](Cc5cccc(F)c5)C(=O)N4C3)cc(-c3ccccc3)nc2c1. The summed E-state index contributed by atoms with van der Waals surface area (Å²) in [5.41, 5.74) is 2.96. The zero-order chi connectivity index (χ0) is 39.0. The molecule has 5 atom stereocenters. The van der Waals surface area contributed by atoms with Crippen LogP contribution in [0.1, 0.15) is 75.3 Å². The van der Waals surface area contributed by atoms with Crippen molar-refractivity contribution in [3.05, 3.63) is 108 Å². The standard InChI is InChI=1S/C45H48FN3O6S/c1-29-17-20-37-39(21-29)47-38(31-12-7-5-8-13-31)25-42(37)55-35-24-40-41(50)27-45(44(52)48-56(53,54)36-18-19-36)26-33(45)15-9-4-2-3-6-14-32(43(51)49(40)28-35)22-30-11-10-16-34(46)23-30/h5,7-13,15-17,20-21,23,25,32-33,35-36,40H,2-4,6,14,18-19,22,24,26-28H2,1H3,(H,48,52)/b15-9-/t32-,33+,35-,40+,45-/m1/s1. The minimum atomic E-state index is -3.84. The monoisotopic (exact) mass is 777 g/mol. The molecule has 4 aromatic rings. The number of allylic oxidation sites excluding steroid dienone is 2. The lowest BCUT2D eigenvalue weighted by Gasteiger charge is -2.29. The number of carbonyl (C=O) groups is 3. The van der Waals surface area contributed by atoms with Crippen LogP contribution in [0.2, 0.25) is 0 Å². The Bertz CT molecular complexity index is 2290. The number of halogens is 1. The second kappa shape index (κ2) is 15.6. The molecule has 3 aromatic carbocycles. The van der Waals surface area contributed by atoms with Gasteiger partial charge in [-0.05, 0) is 93.2 Å². The molecule has 1 saturated heterocycles. The number of ether oxygens (including phenoxy) is 1. The first-order chi connectivity index (χ1) is 27.0. The van der Waals surface area contributed by atoms with E-state index in [0.29, 0.717) is 43.4 Å². The fraction of sp³-hybridized carbons (Fsp3) is 0.422. The van der Waals surface area contributed by atoms with Crippen molar-refractivity contribution in [1.82, 2.24) is 14.6 Å². The van der Waals surface area contributed by atoms with Crippen LogP contribution in [-0.2, 0) is 30.8 Å². The predicted molar refractivity (Wildman–Crippen MR) is 213 cm³/mol. The van der Waals surface area contributed by atoms with Gasteiger partial charge in [0.15, 0.2) is 5.78 Å². The number of nitrogens with one attached hydrogen (secondary N) is 1. The molecule has 0 bridgehead atoms. The summed E-state index contributed by atoms with van der Waals surface area (Å²) < 4.78 is 49.3. The van der Waals surface area contributed by atoms with Crippen LogP contribution >= 0.6 is 0 Å². The number of ketones is 1. The van der Waals surface area contributed by atoms with Gasteiger partial charge in [0, 0.05) is 35.8 Å². The van der Waals surface area contributed by atoms with Crippen molar-refractivity contribution in [3.8, 4) is 17.0 Å². The van der Waals surface area contributed by atoms with Crippen molar-refractivity contribution in [2.24, 2.45) is 17.3 Å². The maximum atomic E-state index is 14.8. The number of rotatable bonds is 8. The third-order valence-electron chi connectivity index (χ3n) is 12.0. The number of pyridine rings is 1. The van der Waals surface area contributed by atoms with Crippen LogP contribution in [-0.4, -0.2) is 59.8 Å². The van der Waals surface area contributed by atoms with Gasteiger partial charge in [-0.25, -0.2) is 17.8 Å². The van der Waals surface area contributed by atoms with Crippen molar-refractivity contribution in [1.29, 1.82) is 0 Å². The highest BCUT2D eigenvalue weighted by atomic mass is 32.2. The van der Waals surface area contributed by atoms with E-state index in [1.165, 1.54) is 12.1 Å². The number of Topliss-reactive ketones (excluding diaryl/α,β-unsaturated/α-hetero) is 1. The van der Waals surface area contributed by atoms with E-state index in [2.05, 4.69) is 4.72 Å². The number of sulfonamides is 1. The number of fused-ring (bicyclic) bond motifs is 3. The van der Waals surface area contributed by atoms with E-state index in [0.717, 1.165) is 53.4 Å². The molecule has 2 amide bonds. The molecular formula is C45H48FN3O6S. The van der Waals surface area contributed by atoms with Gasteiger partial charge in [0.1, 0.15) is 17.7 Å². The van der Waals surface area contributed by atoms with Crippen molar-refractivity contribution < 1.29 is 31.9 Å². The van der Waals surface area contributed by atoms with E-state index in [1.807, 2.05) is 79.7 Å². The second-order valence-corrected chi connectivity index (χ2v) is 18.2. The average Bonchev–Trinajstić information content (AvgIpc) is 4.10. The molecule has 2 saturated carbocycles. The number of nitrogens with zero attached hydrogens (tertiary/aromatic N) is 2. The van der Waals surface area contributed by atoms with Crippen LogP contribution in [0.15, 0.2) is 91.0 Å². The molecule has 2 aliphatic carbocycles. The highest BCUT2D eigenvalue weighted by Crippen LogP contribution is 2.57. The molecule has 4 aliphatic rings. The van der Waals surface area contributed by atoms with E-state index < -0.39 is 44.7 Å². The number of aryl methyl sites for hydroxylation is 1. The molecular weight excluding hydrogens is 730 g/mol. The van der Waals surface area contributed by atoms with E-state index in [-0.39, 0.29) is 42.8 Å². The molecule has 0 radical (unpaired) electrons. The maximum Gasteiger partial charge on any atom is 0.240 e. The molecule has 0 spiro atoms.